The number of halogens is 1. The Morgan fingerprint density at radius 3 is 2.94 bits per heavy atom. The number of benzene rings is 2. The Morgan fingerprint density at radius 1 is 1.22 bits per heavy atom. The number of fused-ring (bicyclic) bond motifs is 1. The molecule has 2 N–H and O–H groups in total. The average Bonchev–Trinajstić information content (AvgIpc) is 3.46. The van der Waals surface area contributed by atoms with E-state index in [1.165, 1.54) is 16.8 Å². The fraction of sp³-hybridized carbons (Fsp3) is 0.480. The highest BCUT2D eigenvalue weighted by Crippen LogP contribution is 2.32. The molecule has 1 fully saturated rings. The summed E-state index contributed by atoms with van der Waals surface area (Å²) in [5.74, 6) is 3.45. The molecule has 7 heteroatoms. The first kappa shape index (κ1) is 24.5. The van der Waals surface area contributed by atoms with Crippen molar-refractivity contribution in [1.82, 2.24) is 10.6 Å². The Morgan fingerprint density at radius 2 is 2.09 bits per heavy atom. The summed E-state index contributed by atoms with van der Waals surface area (Å²) in [5.41, 5.74) is 3.86. The second-order valence-corrected chi connectivity index (χ2v) is 8.21. The highest BCUT2D eigenvalue weighted by Gasteiger charge is 2.24. The van der Waals surface area contributed by atoms with Gasteiger partial charge >= 0.3 is 0 Å². The molecule has 0 spiro atoms. The topological polar surface area (TPSA) is 58.1 Å². The maximum atomic E-state index is 5.60. The van der Waals surface area contributed by atoms with Crippen LogP contribution in [0.25, 0.3) is 0 Å². The van der Waals surface area contributed by atoms with Crippen molar-refractivity contribution in [1.29, 1.82) is 0 Å². The van der Waals surface area contributed by atoms with Crippen molar-refractivity contribution in [2.75, 3.05) is 51.3 Å². The number of ether oxygens (including phenoxy) is 2. The Labute approximate surface area is 208 Å². The number of anilines is 1. The minimum Gasteiger partial charge on any atom is -0.495 e. The van der Waals surface area contributed by atoms with Crippen molar-refractivity contribution >= 4 is 35.6 Å². The number of nitrogens with one attached hydrogen (secondary N) is 2. The summed E-state index contributed by atoms with van der Waals surface area (Å²) >= 11 is 0. The van der Waals surface area contributed by atoms with Crippen LogP contribution in [0.5, 0.6) is 11.5 Å². The summed E-state index contributed by atoms with van der Waals surface area (Å²) in [7, 11) is 1.74. The fourth-order valence-electron chi connectivity index (χ4n) is 4.37. The van der Waals surface area contributed by atoms with Gasteiger partial charge in [0.15, 0.2) is 5.96 Å². The van der Waals surface area contributed by atoms with E-state index in [4.69, 9.17) is 14.5 Å². The minimum atomic E-state index is 0. The summed E-state index contributed by atoms with van der Waals surface area (Å²) in [6.07, 6.45) is 3.15. The van der Waals surface area contributed by atoms with Gasteiger partial charge in [-0.2, -0.15) is 0 Å². The van der Waals surface area contributed by atoms with Crippen molar-refractivity contribution in [3.05, 3.63) is 53.6 Å². The van der Waals surface area contributed by atoms with Gasteiger partial charge in [0.05, 0.1) is 19.4 Å². The molecule has 1 unspecified atom stereocenters. The van der Waals surface area contributed by atoms with Gasteiger partial charge in [-0.05, 0) is 55.0 Å². The van der Waals surface area contributed by atoms with Crippen LogP contribution in [0.4, 0.5) is 5.69 Å². The SMILES string of the molecule is CCNC(=NCC1CCN(c2ccccc2OC)C1)NCCc1ccc2c(c1)CCO2.I. The molecule has 2 aliphatic heterocycles. The first-order chi connectivity index (χ1) is 15.3. The molecular formula is C25H35IN4O2. The summed E-state index contributed by atoms with van der Waals surface area (Å²) < 4.78 is 11.1. The van der Waals surface area contributed by atoms with Crippen LogP contribution in [-0.4, -0.2) is 52.4 Å². The number of hydrogen-bond donors (Lipinski definition) is 2. The van der Waals surface area contributed by atoms with E-state index in [-0.39, 0.29) is 24.0 Å². The van der Waals surface area contributed by atoms with E-state index in [1.807, 2.05) is 12.1 Å². The highest BCUT2D eigenvalue weighted by molar-refractivity contribution is 14.0. The second-order valence-electron chi connectivity index (χ2n) is 8.21. The van der Waals surface area contributed by atoms with Crippen molar-refractivity contribution in [3.8, 4) is 11.5 Å². The number of nitrogens with zero attached hydrogens (tertiary/aromatic N) is 2. The molecule has 0 aliphatic carbocycles. The minimum absolute atomic E-state index is 0. The van der Waals surface area contributed by atoms with Gasteiger partial charge in [-0.1, -0.05) is 24.3 Å². The van der Waals surface area contributed by atoms with Gasteiger partial charge < -0.3 is 25.0 Å². The quantitative estimate of drug-likeness (QED) is 0.297. The third kappa shape index (κ3) is 6.21. The number of para-hydroxylation sites is 2. The third-order valence-corrected chi connectivity index (χ3v) is 6.02. The van der Waals surface area contributed by atoms with E-state index >= 15 is 0 Å². The molecule has 174 valence electrons. The Hall–Kier alpha value is -2.16. The standard InChI is InChI=1S/C25H34N4O2.HI/c1-3-26-25(27-13-10-19-8-9-23-21(16-19)12-15-31-23)28-17-20-11-14-29(18-20)22-6-4-5-7-24(22)30-2;/h4-9,16,20H,3,10-15,17-18H2,1-2H3,(H2,26,27,28);1H. The lowest BCUT2D eigenvalue weighted by Crippen LogP contribution is -2.38. The van der Waals surface area contributed by atoms with Crippen molar-refractivity contribution in [2.45, 2.75) is 26.2 Å². The van der Waals surface area contributed by atoms with Gasteiger partial charge in [0.25, 0.3) is 0 Å². The molecule has 2 heterocycles. The fourth-order valence-corrected chi connectivity index (χ4v) is 4.37. The van der Waals surface area contributed by atoms with Gasteiger partial charge in [0, 0.05) is 39.1 Å². The third-order valence-electron chi connectivity index (χ3n) is 6.02. The first-order valence-corrected chi connectivity index (χ1v) is 11.4. The van der Waals surface area contributed by atoms with Crippen LogP contribution in [0.3, 0.4) is 0 Å². The molecule has 2 aromatic rings. The predicted octanol–water partition coefficient (Wildman–Crippen LogP) is 3.87. The molecule has 6 nitrogen and oxygen atoms in total. The number of aliphatic imine (C=N–C) groups is 1. The molecule has 1 atom stereocenters. The van der Waals surface area contributed by atoms with Gasteiger partial charge in [-0.25, -0.2) is 0 Å². The lowest BCUT2D eigenvalue weighted by Gasteiger charge is -2.21. The molecule has 1 saturated heterocycles. The van der Waals surface area contributed by atoms with Crippen LogP contribution < -0.4 is 25.0 Å². The Balaban J connectivity index is 0.00000289. The lowest BCUT2D eigenvalue weighted by molar-refractivity contribution is 0.357. The van der Waals surface area contributed by atoms with Gasteiger partial charge in [0.1, 0.15) is 11.5 Å². The lowest BCUT2D eigenvalue weighted by atomic mass is 10.1. The van der Waals surface area contributed by atoms with E-state index < -0.39 is 0 Å². The van der Waals surface area contributed by atoms with Crippen LogP contribution in [0.2, 0.25) is 0 Å². The second kappa shape index (κ2) is 12.2. The molecule has 0 aromatic heterocycles. The van der Waals surface area contributed by atoms with E-state index in [1.54, 1.807) is 7.11 Å². The zero-order chi connectivity index (χ0) is 21.5. The van der Waals surface area contributed by atoms with Crippen LogP contribution >= 0.6 is 24.0 Å². The number of guanidine groups is 1. The molecule has 32 heavy (non-hydrogen) atoms. The van der Waals surface area contributed by atoms with Crippen LogP contribution in [0, 0.1) is 5.92 Å². The molecule has 2 aromatic carbocycles. The van der Waals surface area contributed by atoms with E-state index in [2.05, 4.69) is 52.8 Å². The normalized spacial score (nSPS) is 17.4. The van der Waals surface area contributed by atoms with Crippen molar-refractivity contribution < 1.29 is 9.47 Å². The highest BCUT2D eigenvalue weighted by atomic mass is 127. The van der Waals surface area contributed by atoms with Crippen molar-refractivity contribution in [2.24, 2.45) is 10.9 Å². The zero-order valence-electron chi connectivity index (χ0n) is 19.1. The van der Waals surface area contributed by atoms with E-state index in [0.717, 1.165) is 76.1 Å². The number of hydrogen-bond acceptors (Lipinski definition) is 4. The first-order valence-electron chi connectivity index (χ1n) is 11.4. The van der Waals surface area contributed by atoms with Crippen molar-refractivity contribution in [3.63, 3.8) is 0 Å². The molecule has 0 saturated carbocycles. The smallest absolute Gasteiger partial charge is 0.191 e. The molecule has 0 amide bonds. The van der Waals surface area contributed by atoms with Crippen LogP contribution in [-0.2, 0) is 12.8 Å². The van der Waals surface area contributed by atoms with Gasteiger partial charge in [-0.15, -0.1) is 24.0 Å². The maximum absolute atomic E-state index is 5.60. The van der Waals surface area contributed by atoms with Gasteiger partial charge in [-0.3, -0.25) is 4.99 Å². The Kier molecular flexibility index (Phi) is 9.32. The monoisotopic (exact) mass is 550 g/mol. The van der Waals surface area contributed by atoms with Gasteiger partial charge in [0.2, 0.25) is 0 Å². The summed E-state index contributed by atoms with van der Waals surface area (Å²) in [6.45, 7) is 7.54. The maximum Gasteiger partial charge on any atom is 0.191 e. The zero-order valence-corrected chi connectivity index (χ0v) is 21.4. The molecular weight excluding hydrogens is 515 g/mol. The molecule has 0 radical (unpaired) electrons. The van der Waals surface area contributed by atoms with Crippen LogP contribution in [0.15, 0.2) is 47.5 Å². The van der Waals surface area contributed by atoms with E-state index in [9.17, 15) is 0 Å². The predicted molar refractivity (Wildman–Crippen MR) is 142 cm³/mol. The largest absolute Gasteiger partial charge is 0.495 e. The summed E-state index contributed by atoms with van der Waals surface area (Å²) in [4.78, 5) is 7.29. The molecule has 4 rings (SSSR count). The Bertz CT molecular complexity index is 905. The molecule has 2 aliphatic rings. The van der Waals surface area contributed by atoms with Crippen LogP contribution in [0.1, 0.15) is 24.5 Å². The molecule has 0 bridgehead atoms. The number of methoxy groups -OCH3 is 1. The summed E-state index contributed by atoms with van der Waals surface area (Å²) in [6, 6.07) is 14.8. The number of rotatable bonds is 8. The summed E-state index contributed by atoms with van der Waals surface area (Å²) in [5, 5.41) is 6.88. The van der Waals surface area contributed by atoms with E-state index in [0.29, 0.717) is 5.92 Å². The average molecular weight is 550 g/mol.